The molecule has 0 spiro atoms. The molecule has 0 radical (unpaired) electrons. The van der Waals surface area contributed by atoms with Gasteiger partial charge in [0.05, 0.1) is 5.41 Å². The quantitative estimate of drug-likeness (QED) is 0.537. The molecule has 0 saturated carbocycles. The van der Waals surface area contributed by atoms with Crippen molar-refractivity contribution in [2.75, 3.05) is 0 Å². The third kappa shape index (κ3) is 5.81. The first-order valence-electron chi connectivity index (χ1n) is 6.68. The van der Waals surface area contributed by atoms with Crippen LogP contribution in [0.25, 0.3) is 0 Å². The molecule has 1 atom stereocenters. The van der Waals surface area contributed by atoms with E-state index in [2.05, 4.69) is 20.4 Å². The molecule has 1 unspecified atom stereocenters. The van der Waals surface area contributed by atoms with Crippen molar-refractivity contribution in [2.24, 2.45) is 5.41 Å². The van der Waals surface area contributed by atoms with Crippen molar-refractivity contribution in [2.45, 2.75) is 65.7 Å². The predicted molar refractivity (Wildman–Crippen MR) is 72.0 cm³/mol. The van der Waals surface area contributed by atoms with Crippen LogP contribution >= 0.6 is 0 Å². The van der Waals surface area contributed by atoms with Gasteiger partial charge in [-0.2, -0.15) is 0 Å². The number of hydrogen-bond donors (Lipinski definition) is 0. The van der Waals surface area contributed by atoms with Crippen molar-refractivity contribution in [3.8, 4) is 0 Å². The number of unbranched alkanes of at least 4 members (excludes halogenated alkanes) is 2. The maximum atomic E-state index is 12.0. The van der Waals surface area contributed by atoms with Gasteiger partial charge in [-0.1, -0.05) is 32.8 Å². The molecular weight excluding hydrogens is 212 g/mol. The van der Waals surface area contributed by atoms with Crippen LogP contribution < -0.4 is 0 Å². The number of carbonyl (C=O) groups is 2. The largest absolute Gasteiger partial charge is 0.300 e. The molecule has 17 heavy (non-hydrogen) atoms. The van der Waals surface area contributed by atoms with E-state index in [1.165, 1.54) is 0 Å². The Hall–Kier alpha value is -0.920. The topological polar surface area (TPSA) is 34.1 Å². The van der Waals surface area contributed by atoms with Crippen LogP contribution in [0.5, 0.6) is 0 Å². The fourth-order valence-corrected chi connectivity index (χ4v) is 1.78. The Balaban J connectivity index is 4.40. The molecule has 0 aliphatic heterocycles. The van der Waals surface area contributed by atoms with E-state index in [0.29, 0.717) is 19.3 Å². The van der Waals surface area contributed by atoms with E-state index in [1.54, 1.807) is 6.08 Å². The number of rotatable bonds is 10. The third-order valence-electron chi connectivity index (χ3n) is 3.22. The van der Waals surface area contributed by atoms with Crippen molar-refractivity contribution in [3.05, 3.63) is 12.7 Å². The lowest BCUT2D eigenvalue weighted by Gasteiger charge is -2.23. The summed E-state index contributed by atoms with van der Waals surface area (Å²) in [6.07, 6.45) is 6.93. The highest BCUT2D eigenvalue weighted by atomic mass is 16.1. The van der Waals surface area contributed by atoms with E-state index in [-0.39, 0.29) is 11.6 Å². The first-order chi connectivity index (χ1) is 8.00. The Morgan fingerprint density at radius 1 is 1.12 bits per heavy atom. The number of allylic oxidation sites excluding steroid dienone is 1. The van der Waals surface area contributed by atoms with E-state index in [0.717, 1.165) is 25.7 Å². The molecule has 2 nitrogen and oxygen atoms in total. The minimum Gasteiger partial charge on any atom is -0.300 e. The van der Waals surface area contributed by atoms with Gasteiger partial charge in [0.1, 0.15) is 11.6 Å². The maximum absolute atomic E-state index is 12.0. The number of Topliss-reactive ketones (excluding diaryl/α,β-unsaturated/α-hetero) is 2. The summed E-state index contributed by atoms with van der Waals surface area (Å²) in [6.45, 7) is 9.68. The van der Waals surface area contributed by atoms with Crippen LogP contribution in [0, 0.1) is 5.41 Å². The molecule has 0 fully saturated rings. The molecule has 0 amide bonds. The summed E-state index contributed by atoms with van der Waals surface area (Å²) in [7, 11) is 0. The molecule has 0 heterocycles. The van der Waals surface area contributed by atoms with Crippen molar-refractivity contribution < 1.29 is 9.59 Å². The Bertz CT molecular complexity index is 268. The maximum Gasteiger partial charge on any atom is 0.142 e. The zero-order chi connectivity index (χ0) is 13.3. The molecule has 2 heteroatoms. The smallest absolute Gasteiger partial charge is 0.142 e. The van der Waals surface area contributed by atoms with Crippen molar-refractivity contribution in [1.29, 1.82) is 0 Å². The highest BCUT2D eigenvalue weighted by Crippen LogP contribution is 2.27. The van der Waals surface area contributed by atoms with Gasteiger partial charge in [0.15, 0.2) is 0 Å². The van der Waals surface area contributed by atoms with Gasteiger partial charge in [0.25, 0.3) is 0 Å². The minimum atomic E-state index is -0.653. The second-order valence-corrected chi connectivity index (χ2v) is 4.97. The highest BCUT2D eigenvalue weighted by Gasteiger charge is 2.31. The molecule has 0 N–H and O–H groups in total. The number of ketones is 2. The Morgan fingerprint density at radius 3 is 2.12 bits per heavy atom. The summed E-state index contributed by atoms with van der Waals surface area (Å²) < 4.78 is 0. The minimum absolute atomic E-state index is 0.152. The summed E-state index contributed by atoms with van der Waals surface area (Å²) in [4.78, 5) is 23.8. The number of carbonyl (C=O) groups excluding carboxylic acids is 2. The first-order valence-corrected chi connectivity index (χ1v) is 6.68. The third-order valence-corrected chi connectivity index (χ3v) is 3.22. The van der Waals surface area contributed by atoms with Crippen LogP contribution in [0.1, 0.15) is 65.7 Å². The fraction of sp³-hybridized carbons (Fsp3) is 0.733. The molecule has 0 aromatic rings. The summed E-state index contributed by atoms with van der Waals surface area (Å²) in [6, 6.07) is 0. The summed E-state index contributed by atoms with van der Waals surface area (Å²) >= 11 is 0. The lowest BCUT2D eigenvalue weighted by molar-refractivity contribution is -0.131. The Morgan fingerprint density at radius 2 is 1.65 bits per heavy atom. The van der Waals surface area contributed by atoms with Gasteiger partial charge < -0.3 is 0 Å². The van der Waals surface area contributed by atoms with Gasteiger partial charge in [0, 0.05) is 19.3 Å². The van der Waals surface area contributed by atoms with Crippen molar-refractivity contribution in [3.63, 3.8) is 0 Å². The predicted octanol–water partition coefficient (Wildman–Crippen LogP) is 4.09. The molecule has 0 rings (SSSR count). The fourth-order valence-electron chi connectivity index (χ4n) is 1.78. The van der Waals surface area contributed by atoms with Gasteiger partial charge in [-0.25, -0.2) is 0 Å². The van der Waals surface area contributed by atoms with Gasteiger partial charge >= 0.3 is 0 Å². The second kappa shape index (κ2) is 8.21. The molecule has 0 aliphatic carbocycles. The standard InChI is InChI=1S/C15H26O2/c1-5-8-10-13(16)12-15(4,7-3)14(17)11-9-6-2/h7H,3,5-6,8-12H2,1-2,4H3. The van der Waals surface area contributed by atoms with Gasteiger partial charge in [-0.3, -0.25) is 9.59 Å². The monoisotopic (exact) mass is 238 g/mol. The van der Waals surface area contributed by atoms with E-state index < -0.39 is 5.41 Å². The van der Waals surface area contributed by atoms with Crippen molar-refractivity contribution >= 4 is 11.6 Å². The molecule has 98 valence electrons. The molecule has 0 aliphatic rings. The zero-order valence-electron chi connectivity index (χ0n) is 11.6. The van der Waals surface area contributed by atoms with Gasteiger partial charge in [-0.05, 0) is 19.8 Å². The van der Waals surface area contributed by atoms with Gasteiger partial charge in [-0.15, -0.1) is 6.58 Å². The van der Waals surface area contributed by atoms with Crippen LogP contribution in [0.15, 0.2) is 12.7 Å². The average molecular weight is 238 g/mol. The Kier molecular flexibility index (Phi) is 7.77. The van der Waals surface area contributed by atoms with Crippen molar-refractivity contribution in [1.82, 2.24) is 0 Å². The molecule has 0 saturated heterocycles. The summed E-state index contributed by atoms with van der Waals surface area (Å²) in [5, 5.41) is 0. The lowest BCUT2D eigenvalue weighted by Crippen LogP contribution is -2.28. The van der Waals surface area contributed by atoms with Crippen LogP contribution in [0.3, 0.4) is 0 Å². The Labute approximate surface area is 105 Å². The first kappa shape index (κ1) is 16.1. The molecule has 0 aromatic heterocycles. The lowest BCUT2D eigenvalue weighted by atomic mass is 9.78. The number of hydrogen-bond acceptors (Lipinski definition) is 2. The molecule has 0 aromatic carbocycles. The molecule has 0 bridgehead atoms. The summed E-state index contributed by atoms with van der Waals surface area (Å²) in [5.41, 5.74) is -0.653. The van der Waals surface area contributed by atoms with Gasteiger partial charge in [0.2, 0.25) is 0 Å². The van der Waals surface area contributed by atoms with E-state index in [9.17, 15) is 9.59 Å². The van der Waals surface area contributed by atoms with Crippen LogP contribution in [-0.2, 0) is 9.59 Å². The van der Waals surface area contributed by atoms with Crippen LogP contribution in [-0.4, -0.2) is 11.6 Å². The van der Waals surface area contributed by atoms with Crippen LogP contribution in [0.4, 0.5) is 0 Å². The zero-order valence-corrected chi connectivity index (χ0v) is 11.6. The van der Waals surface area contributed by atoms with E-state index in [4.69, 9.17) is 0 Å². The van der Waals surface area contributed by atoms with E-state index >= 15 is 0 Å². The van der Waals surface area contributed by atoms with Crippen LogP contribution in [0.2, 0.25) is 0 Å². The highest BCUT2D eigenvalue weighted by molar-refractivity contribution is 5.92. The second-order valence-electron chi connectivity index (χ2n) is 4.97. The average Bonchev–Trinajstić information content (AvgIpc) is 2.32. The van der Waals surface area contributed by atoms with E-state index in [1.807, 2.05) is 6.92 Å². The SMILES string of the molecule is C=CC(C)(CC(=O)CCCC)C(=O)CCCC. The normalized spacial score (nSPS) is 14.1. The molecular formula is C15H26O2. The summed E-state index contributed by atoms with van der Waals surface area (Å²) in [5.74, 6) is 0.332.